The Morgan fingerprint density at radius 1 is 0.880 bits per heavy atom. The fraction of sp³-hybridized carbons (Fsp3) is 0.100. The molecule has 2 heterocycles. The van der Waals surface area contributed by atoms with E-state index in [9.17, 15) is 0 Å². The molecule has 0 aliphatic rings. The zero-order chi connectivity index (χ0) is 17.4. The first-order chi connectivity index (χ1) is 12.2. The Bertz CT molecular complexity index is 1100. The Morgan fingerprint density at radius 3 is 2.52 bits per heavy atom. The summed E-state index contributed by atoms with van der Waals surface area (Å²) in [6.45, 7) is 0. The number of methoxy groups -OCH3 is 2. The second-order valence-electron chi connectivity index (χ2n) is 5.62. The van der Waals surface area contributed by atoms with E-state index in [4.69, 9.17) is 26.1 Å². The van der Waals surface area contributed by atoms with Gasteiger partial charge in [-0.15, -0.1) is 0 Å². The lowest BCUT2D eigenvalue weighted by molar-refractivity contribution is 0.355. The zero-order valence-corrected chi connectivity index (χ0v) is 14.5. The number of aromatic nitrogens is 2. The Labute approximate surface area is 150 Å². The van der Waals surface area contributed by atoms with Gasteiger partial charge in [-0.05, 0) is 48.5 Å². The molecule has 0 aliphatic carbocycles. The van der Waals surface area contributed by atoms with Crippen molar-refractivity contribution in [3.8, 4) is 22.8 Å². The summed E-state index contributed by atoms with van der Waals surface area (Å²) < 4.78 is 10.7. The summed E-state index contributed by atoms with van der Waals surface area (Å²) in [4.78, 5) is 9.32. The van der Waals surface area contributed by atoms with Crippen LogP contribution in [0.15, 0.2) is 54.7 Å². The second-order valence-corrected chi connectivity index (χ2v) is 6.06. The van der Waals surface area contributed by atoms with Crippen molar-refractivity contribution in [2.75, 3.05) is 14.2 Å². The van der Waals surface area contributed by atoms with E-state index in [1.165, 1.54) is 0 Å². The first-order valence-corrected chi connectivity index (χ1v) is 8.15. The highest BCUT2D eigenvalue weighted by atomic mass is 35.5. The molecule has 0 unspecified atom stereocenters. The Balaban J connectivity index is 1.94. The van der Waals surface area contributed by atoms with E-state index in [2.05, 4.69) is 4.98 Å². The van der Waals surface area contributed by atoms with Gasteiger partial charge in [0.25, 0.3) is 0 Å². The van der Waals surface area contributed by atoms with Crippen molar-refractivity contribution in [3.63, 3.8) is 0 Å². The van der Waals surface area contributed by atoms with Gasteiger partial charge in [-0.25, -0.2) is 4.98 Å². The van der Waals surface area contributed by atoms with Gasteiger partial charge in [-0.1, -0.05) is 11.6 Å². The third-order valence-corrected chi connectivity index (χ3v) is 4.40. The number of rotatable bonds is 3. The van der Waals surface area contributed by atoms with Gasteiger partial charge in [0.05, 0.1) is 30.9 Å². The molecule has 25 heavy (non-hydrogen) atoms. The predicted molar refractivity (Wildman–Crippen MR) is 101 cm³/mol. The van der Waals surface area contributed by atoms with Gasteiger partial charge in [0, 0.05) is 27.6 Å². The molecule has 0 bridgehead atoms. The number of pyridine rings is 2. The molecule has 0 fully saturated rings. The third kappa shape index (κ3) is 2.75. The number of hydrogen-bond donors (Lipinski definition) is 0. The number of nitrogens with zero attached hydrogens (tertiary/aromatic N) is 2. The average molecular weight is 351 g/mol. The van der Waals surface area contributed by atoms with Crippen molar-refractivity contribution >= 4 is 33.4 Å². The molecule has 2 aromatic heterocycles. The SMILES string of the molecule is COc1ccc(-c2ccc3cnc4ccc(Cl)cc4c3n2)cc1OC. The number of fused-ring (bicyclic) bond motifs is 3. The Morgan fingerprint density at radius 2 is 1.72 bits per heavy atom. The monoisotopic (exact) mass is 350 g/mol. The quantitative estimate of drug-likeness (QED) is 0.481. The molecular formula is C20H15ClN2O2. The van der Waals surface area contributed by atoms with Crippen LogP contribution in [0.5, 0.6) is 11.5 Å². The van der Waals surface area contributed by atoms with E-state index in [-0.39, 0.29) is 0 Å². The molecule has 0 N–H and O–H groups in total. The minimum atomic E-state index is 0.667. The van der Waals surface area contributed by atoms with Crippen LogP contribution < -0.4 is 9.47 Å². The molecule has 124 valence electrons. The van der Waals surface area contributed by atoms with Crippen LogP contribution in [0.1, 0.15) is 0 Å². The largest absolute Gasteiger partial charge is 0.493 e. The van der Waals surface area contributed by atoms with Crippen LogP contribution in [0.25, 0.3) is 33.1 Å². The molecule has 0 saturated heterocycles. The fourth-order valence-electron chi connectivity index (χ4n) is 2.90. The third-order valence-electron chi connectivity index (χ3n) is 4.16. The summed E-state index contributed by atoms with van der Waals surface area (Å²) in [5, 5.41) is 2.58. The van der Waals surface area contributed by atoms with Crippen molar-refractivity contribution in [1.29, 1.82) is 0 Å². The second kappa shape index (κ2) is 6.22. The lowest BCUT2D eigenvalue weighted by atomic mass is 10.1. The minimum Gasteiger partial charge on any atom is -0.493 e. The van der Waals surface area contributed by atoms with E-state index in [0.717, 1.165) is 33.1 Å². The molecule has 0 radical (unpaired) electrons. The average Bonchev–Trinajstić information content (AvgIpc) is 2.66. The molecule has 0 amide bonds. The van der Waals surface area contributed by atoms with Gasteiger partial charge < -0.3 is 9.47 Å². The van der Waals surface area contributed by atoms with Gasteiger partial charge in [0.1, 0.15) is 0 Å². The van der Waals surface area contributed by atoms with Crippen LogP contribution in [0, 0.1) is 0 Å². The summed E-state index contributed by atoms with van der Waals surface area (Å²) >= 11 is 6.16. The highest BCUT2D eigenvalue weighted by Gasteiger charge is 2.10. The summed E-state index contributed by atoms with van der Waals surface area (Å²) in [6, 6.07) is 15.4. The summed E-state index contributed by atoms with van der Waals surface area (Å²) in [7, 11) is 3.24. The van der Waals surface area contributed by atoms with Crippen molar-refractivity contribution in [2.45, 2.75) is 0 Å². The number of halogens is 1. The minimum absolute atomic E-state index is 0.667. The maximum Gasteiger partial charge on any atom is 0.161 e. The molecule has 0 aliphatic heterocycles. The number of hydrogen-bond acceptors (Lipinski definition) is 4. The molecule has 5 heteroatoms. The first-order valence-electron chi connectivity index (χ1n) is 7.77. The van der Waals surface area contributed by atoms with Crippen molar-refractivity contribution in [3.05, 3.63) is 59.8 Å². The lowest BCUT2D eigenvalue weighted by Gasteiger charge is -2.10. The molecule has 0 spiro atoms. The highest BCUT2D eigenvalue weighted by molar-refractivity contribution is 6.31. The maximum atomic E-state index is 6.16. The topological polar surface area (TPSA) is 44.2 Å². The van der Waals surface area contributed by atoms with E-state index in [1.54, 1.807) is 14.2 Å². The van der Waals surface area contributed by atoms with Gasteiger partial charge in [-0.3, -0.25) is 4.98 Å². The van der Waals surface area contributed by atoms with E-state index in [1.807, 2.05) is 54.7 Å². The predicted octanol–water partition coefficient (Wildman–Crippen LogP) is 5.12. The van der Waals surface area contributed by atoms with Crippen LogP contribution >= 0.6 is 11.6 Å². The summed E-state index contributed by atoms with van der Waals surface area (Å²) in [6.07, 6.45) is 1.83. The van der Waals surface area contributed by atoms with Gasteiger partial charge in [0.2, 0.25) is 0 Å². The molecule has 0 saturated carbocycles. The normalized spacial score (nSPS) is 11.0. The van der Waals surface area contributed by atoms with Crippen molar-refractivity contribution in [1.82, 2.24) is 9.97 Å². The molecule has 4 nitrogen and oxygen atoms in total. The van der Waals surface area contributed by atoms with Crippen LogP contribution in [0.2, 0.25) is 5.02 Å². The Hall–Kier alpha value is -2.85. The molecule has 4 rings (SSSR count). The zero-order valence-electron chi connectivity index (χ0n) is 13.8. The highest BCUT2D eigenvalue weighted by Crippen LogP contribution is 2.33. The van der Waals surface area contributed by atoms with Crippen LogP contribution in [-0.2, 0) is 0 Å². The fourth-order valence-corrected chi connectivity index (χ4v) is 3.07. The smallest absolute Gasteiger partial charge is 0.161 e. The van der Waals surface area contributed by atoms with Crippen LogP contribution in [0.4, 0.5) is 0 Å². The standard InChI is InChI=1S/C20H15ClN2O2/c1-24-18-8-4-12(9-19(18)25-2)16-6-3-13-11-22-17-7-5-14(21)10-15(17)20(13)23-16/h3-11H,1-2H3. The Kier molecular flexibility index (Phi) is 3.90. The van der Waals surface area contributed by atoms with Crippen molar-refractivity contribution < 1.29 is 9.47 Å². The van der Waals surface area contributed by atoms with Crippen molar-refractivity contribution in [2.24, 2.45) is 0 Å². The first kappa shape index (κ1) is 15.7. The van der Waals surface area contributed by atoms with Gasteiger partial charge >= 0.3 is 0 Å². The van der Waals surface area contributed by atoms with Crippen LogP contribution in [0.3, 0.4) is 0 Å². The molecular weight excluding hydrogens is 336 g/mol. The molecule has 0 atom stereocenters. The molecule has 2 aromatic carbocycles. The summed E-state index contributed by atoms with van der Waals surface area (Å²) in [5.74, 6) is 1.36. The van der Waals surface area contributed by atoms with E-state index in [0.29, 0.717) is 16.5 Å². The lowest BCUT2D eigenvalue weighted by Crippen LogP contribution is -1.92. The van der Waals surface area contributed by atoms with E-state index < -0.39 is 0 Å². The van der Waals surface area contributed by atoms with Crippen LogP contribution in [-0.4, -0.2) is 24.2 Å². The number of benzene rings is 2. The molecule has 4 aromatic rings. The summed E-state index contributed by atoms with van der Waals surface area (Å²) in [5.41, 5.74) is 3.54. The maximum absolute atomic E-state index is 6.16. The van der Waals surface area contributed by atoms with E-state index >= 15 is 0 Å². The van der Waals surface area contributed by atoms with Gasteiger partial charge in [0.15, 0.2) is 11.5 Å². The number of ether oxygens (including phenoxy) is 2. The van der Waals surface area contributed by atoms with Gasteiger partial charge in [-0.2, -0.15) is 0 Å².